The molecule has 0 spiro atoms. The molecule has 3 saturated carbocycles. The van der Waals surface area contributed by atoms with Crippen molar-refractivity contribution in [3.63, 3.8) is 0 Å². The SMILES string of the molecule is CC(NC(=O)CN1C(=O)C2C3C=CC(C3)C2C1=O)C1CC2CCC1C2. The van der Waals surface area contributed by atoms with Crippen LogP contribution >= 0.6 is 0 Å². The van der Waals surface area contributed by atoms with Crippen LogP contribution in [0, 0.1) is 41.4 Å². The molecular weight excluding hydrogens is 316 g/mol. The molecule has 134 valence electrons. The molecule has 0 aromatic heterocycles. The Labute approximate surface area is 148 Å². The lowest BCUT2D eigenvalue weighted by atomic mass is 9.84. The number of nitrogens with one attached hydrogen (secondary N) is 1. The van der Waals surface area contributed by atoms with E-state index in [0.717, 1.165) is 18.3 Å². The van der Waals surface area contributed by atoms with Gasteiger partial charge in [0.05, 0.1) is 11.8 Å². The Morgan fingerprint density at radius 1 is 1.12 bits per heavy atom. The molecule has 5 heteroatoms. The molecule has 25 heavy (non-hydrogen) atoms. The van der Waals surface area contributed by atoms with Crippen molar-refractivity contribution >= 4 is 17.7 Å². The summed E-state index contributed by atoms with van der Waals surface area (Å²) in [5, 5.41) is 3.08. The zero-order valence-electron chi connectivity index (χ0n) is 14.7. The average molecular weight is 342 g/mol. The molecule has 0 radical (unpaired) electrons. The van der Waals surface area contributed by atoms with E-state index in [1.54, 1.807) is 0 Å². The minimum Gasteiger partial charge on any atom is -0.352 e. The maximum absolute atomic E-state index is 12.7. The van der Waals surface area contributed by atoms with Gasteiger partial charge in [0.25, 0.3) is 0 Å². The van der Waals surface area contributed by atoms with E-state index in [1.807, 2.05) is 0 Å². The summed E-state index contributed by atoms with van der Waals surface area (Å²) in [5.41, 5.74) is 0. The molecule has 1 aliphatic heterocycles. The van der Waals surface area contributed by atoms with Crippen LogP contribution in [0.25, 0.3) is 0 Å². The van der Waals surface area contributed by atoms with E-state index in [9.17, 15) is 14.4 Å². The first-order valence-electron chi connectivity index (χ1n) is 9.86. The number of imide groups is 1. The van der Waals surface area contributed by atoms with E-state index >= 15 is 0 Å². The zero-order chi connectivity index (χ0) is 17.3. The van der Waals surface area contributed by atoms with Crippen LogP contribution in [0.3, 0.4) is 0 Å². The number of allylic oxidation sites excluding steroid dienone is 2. The molecule has 1 heterocycles. The Bertz CT molecular complexity index is 642. The third-order valence-electron chi connectivity index (χ3n) is 7.69. The smallest absolute Gasteiger partial charge is 0.240 e. The second-order valence-electron chi connectivity index (χ2n) is 8.96. The number of hydrogen-bond donors (Lipinski definition) is 1. The first-order valence-corrected chi connectivity index (χ1v) is 9.86. The Kier molecular flexibility index (Phi) is 3.38. The van der Waals surface area contributed by atoms with Crippen LogP contribution in [-0.4, -0.2) is 35.2 Å². The van der Waals surface area contributed by atoms with Gasteiger partial charge in [-0.25, -0.2) is 0 Å². The highest BCUT2D eigenvalue weighted by Gasteiger charge is 2.59. The fourth-order valence-electron chi connectivity index (χ4n) is 6.58. The number of rotatable bonds is 4. The van der Waals surface area contributed by atoms with E-state index in [4.69, 9.17) is 0 Å². The molecule has 8 atom stereocenters. The van der Waals surface area contributed by atoms with Crippen LogP contribution in [0.2, 0.25) is 0 Å². The van der Waals surface area contributed by atoms with Crippen LogP contribution in [0.1, 0.15) is 39.0 Å². The van der Waals surface area contributed by atoms with Crippen LogP contribution in [0.4, 0.5) is 0 Å². The normalized spacial score (nSPS) is 44.7. The first-order chi connectivity index (χ1) is 12.0. The first kappa shape index (κ1) is 15.6. The van der Waals surface area contributed by atoms with Gasteiger partial charge in [0.15, 0.2) is 0 Å². The minimum absolute atomic E-state index is 0.102. The van der Waals surface area contributed by atoms with E-state index in [-0.39, 0.29) is 54.0 Å². The highest BCUT2D eigenvalue weighted by atomic mass is 16.2. The van der Waals surface area contributed by atoms with Crippen molar-refractivity contribution in [2.24, 2.45) is 41.4 Å². The molecule has 5 nitrogen and oxygen atoms in total. The molecule has 0 aromatic carbocycles. The van der Waals surface area contributed by atoms with Gasteiger partial charge in [-0.1, -0.05) is 18.6 Å². The third kappa shape index (κ3) is 2.24. The monoisotopic (exact) mass is 342 g/mol. The highest BCUT2D eigenvalue weighted by molar-refractivity contribution is 6.08. The van der Waals surface area contributed by atoms with Gasteiger partial charge in [-0.2, -0.15) is 0 Å². The molecule has 1 N–H and O–H groups in total. The average Bonchev–Trinajstić information content (AvgIpc) is 3.38. The quantitative estimate of drug-likeness (QED) is 0.625. The standard InChI is InChI=1S/C20H26N2O3/c1-10(15-7-11-2-3-12(15)6-11)21-16(23)9-22-19(24)17-13-4-5-14(8-13)18(17)20(22)25/h4-5,10-15,17-18H,2-3,6-9H2,1H3,(H,21,23). The predicted molar refractivity (Wildman–Crippen MR) is 91.0 cm³/mol. The molecule has 5 rings (SSSR count). The number of hydrogen-bond acceptors (Lipinski definition) is 3. The molecule has 4 aliphatic carbocycles. The Hall–Kier alpha value is -1.65. The summed E-state index contributed by atoms with van der Waals surface area (Å²) in [6.07, 6.45) is 10.2. The van der Waals surface area contributed by atoms with Crippen molar-refractivity contribution in [2.75, 3.05) is 6.54 Å². The van der Waals surface area contributed by atoms with Crippen molar-refractivity contribution in [3.8, 4) is 0 Å². The van der Waals surface area contributed by atoms with Crippen molar-refractivity contribution in [1.29, 1.82) is 0 Å². The summed E-state index contributed by atoms with van der Waals surface area (Å²) in [6.45, 7) is 1.98. The van der Waals surface area contributed by atoms with Gasteiger partial charge < -0.3 is 5.32 Å². The topological polar surface area (TPSA) is 66.5 Å². The van der Waals surface area contributed by atoms with Gasteiger partial charge in [0.2, 0.25) is 17.7 Å². The second kappa shape index (κ2) is 5.42. The Morgan fingerprint density at radius 2 is 1.80 bits per heavy atom. The summed E-state index contributed by atoms with van der Waals surface area (Å²) in [5.74, 6) is 1.69. The van der Waals surface area contributed by atoms with Gasteiger partial charge in [-0.3, -0.25) is 19.3 Å². The minimum atomic E-state index is -0.210. The van der Waals surface area contributed by atoms with Crippen LogP contribution < -0.4 is 5.32 Å². The molecule has 0 aromatic rings. The number of carbonyl (C=O) groups excluding carboxylic acids is 3. The molecule has 1 saturated heterocycles. The fourth-order valence-corrected chi connectivity index (χ4v) is 6.58. The molecule has 8 unspecified atom stereocenters. The third-order valence-corrected chi connectivity index (χ3v) is 7.69. The van der Waals surface area contributed by atoms with Crippen LogP contribution in [0.15, 0.2) is 12.2 Å². The summed E-state index contributed by atoms with van der Waals surface area (Å²) in [4.78, 5) is 39.0. The molecular formula is C20H26N2O3. The van der Waals surface area contributed by atoms with Gasteiger partial charge in [-0.15, -0.1) is 0 Å². The molecule has 4 fully saturated rings. The largest absolute Gasteiger partial charge is 0.352 e. The Morgan fingerprint density at radius 3 is 2.36 bits per heavy atom. The number of likely N-dealkylation sites (tertiary alicyclic amines) is 1. The van der Waals surface area contributed by atoms with Gasteiger partial charge in [0, 0.05) is 6.04 Å². The predicted octanol–water partition coefficient (Wildman–Crippen LogP) is 1.73. The van der Waals surface area contributed by atoms with Crippen molar-refractivity contribution < 1.29 is 14.4 Å². The number of amides is 3. The fraction of sp³-hybridized carbons (Fsp3) is 0.750. The van der Waals surface area contributed by atoms with E-state index in [1.165, 1.54) is 30.6 Å². The van der Waals surface area contributed by atoms with Gasteiger partial charge in [0.1, 0.15) is 6.54 Å². The van der Waals surface area contributed by atoms with Crippen molar-refractivity contribution in [2.45, 2.75) is 45.1 Å². The van der Waals surface area contributed by atoms with E-state index < -0.39 is 0 Å². The van der Waals surface area contributed by atoms with Crippen molar-refractivity contribution in [1.82, 2.24) is 10.2 Å². The zero-order valence-corrected chi connectivity index (χ0v) is 14.7. The van der Waals surface area contributed by atoms with E-state index in [0.29, 0.717) is 5.92 Å². The summed E-state index contributed by atoms with van der Waals surface area (Å²) < 4.78 is 0. The second-order valence-corrected chi connectivity index (χ2v) is 8.96. The molecule has 5 aliphatic rings. The highest BCUT2D eigenvalue weighted by Crippen LogP contribution is 2.52. The lowest BCUT2D eigenvalue weighted by molar-refractivity contribution is -0.144. The maximum Gasteiger partial charge on any atom is 0.240 e. The van der Waals surface area contributed by atoms with E-state index in [2.05, 4.69) is 24.4 Å². The number of fused-ring (bicyclic) bond motifs is 7. The lowest BCUT2D eigenvalue weighted by Crippen LogP contribution is -2.46. The maximum atomic E-state index is 12.7. The molecule has 4 bridgehead atoms. The Balaban J connectivity index is 1.22. The number of carbonyl (C=O) groups is 3. The summed E-state index contributed by atoms with van der Waals surface area (Å²) >= 11 is 0. The van der Waals surface area contributed by atoms with Gasteiger partial charge in [-0.05, 0) is 62.2 Å². The lowest BCUT2D eigenvalue weighted by Gasteiger charge is -2.29. The summed E-state index contributed by atoms with van der Waals surface area (Å²) in [6, 6.07) is 0.132. The molecule has 3 amide bonds. The van der Waals surface area contributed by atoms with Crippen molar-refractivity contribution in [3.05, 3.63) is 12.2 Å². The van der Waals surface area contributed by atoms with Crippen LogP contribution in [-0.2, 0) is 14.4 Å². The van der Waals surface area contributed by atoms with Crippen LogP contribution in [0.5, 0.6) is 0 Å². The summed E-state index contributed by atoms with van der Waals surface area (Å²) in [7, 11) is 0. The number of nitrogens with zero attached hydrogens (tertiary/aromatic N) is 1. The van der Waals surface area contributed by atoms with Gasteiger partial charge >= 0.3 is 0 Å².